The zero-order valence-corrected chi connectivity index (χ0v) is 8.91. The van der Waals surface area contributed by atoms with Gasteiger partial charge in [-0.1, -0.05) is 6.92 Å². The normalized spacial score (nSPS) is 15.8. The SMILES string of the molecule is C#CC(C)CC[SH](C)(C)=P. The van der Waals surface area contributed by atoms with Crippen LogP contribution in [0.15, 0.2) is 0 Å². The lowest BCUT2D eigenvalue weighted by atomic mass is 10.1. The van der Waals surface area contributed by atoms with E-state index in [-0.39, 0.29) is 0 Å². The standard InChI is InChI=1S/C8H17PS/c1-5-8(2)6-7-10(3,4)9/h1,8-10H,6-7H2,2-4H3. The minimum Gasteiger partial charge on any atom is -0.245 e. The topological polar surface area (TPSA) is 0 Å². The Morgan fingerprint density at radius 1 is 1.60 bits per heavy atom. The van der Waals surface area contributed by atoms with E-state index in [9.17, 15) is 0 Å². The molecule has 1 atom stereocenters. The van der Waals surface area contributed by atoms with E-state index in [0.717, 1.165) is 6.42 Å². The van der Waals surface area contributed by atoms with E-state index >= 15 is 0 Å². The Hall–Kier alpha value is 0.210. The van der Waals surface area contributed by atoms with Crippen LogP contribution in [-0.4, -0.2) is 18.3 Å². The van der Waals surface area contributed by atoms with Gasteiger partial charge in [-0.05, 0) is 24.7 Å². The third-order valence-corrected chi connectivity index (χ3v) is 3.45. The second-order valence-corrected chi connectivity index (χ2v) is 10.7. The number of thiol groups is 1. The summed E-state index contributed by atoms with van der Waals surface area (Å²) < 4.78 is 0. The van der Waals surface area contributed by atoms with Crippen molar-refractivity contribution >= 4 is 17.2 Å². The van der Waals surface area contributed by atoms with Crippen LogP contribution in [0.1, 0.15) is 13.3 Å². The third kappa shape index (κ3) is 6.33. The van der Waals surface area contributed by atoms with Crippen LogP contribution in [0.5, 0.6) is 0 Å². The van der Waals surface area contributed by atoms with Gasteiger partial charge in [0.2, 0.25) is 0 Å². The molecule has 0 fully saturated rings. The van der Waals surface area contributed by atoms with Crippen LogP contribution < -0.4 is 0 Å². The minimum absolute atomic E-state index is 0.440. The van der Waals surface area contributed by atoms with Crippen molar-refractivity contribution in [2.45, 2.75) is 13.3 Å². The van der Waals surface area contributed by atoms with Crippen molar-refractivity contribution in [3.63, 3.8) is 0 Å². The highest BCUT2D eigenvalue weighted by molar-refractivity contribution is 8.28. The van der Waals surface area contributed by atoms with Crippen molar-refractivity contribution in [3.05, 3.63) is 0 Å². The molecule has 0 saturated carbocycles. The largest absolute Gasteiger partial charge is 0.245 e. The first kappa shape index (κ1) is 10.2. The van der Waals surface area contributed by atoms with E-state index in [2.05, 4.69) is 33.4 Å². The van der Waals surface area contributed by atoms with E-state index in [4.69, 9.17) is 6.42 Å². The average molecular weight is 176 g/mol. The third-order valence-electron chi connectivity index (χ3n) is 1.41. The summed E-state index contributed by atoms with van der Waals surface area (Å²) in [5.41, 5.74) is 0. The van der Waals surface area contributed by atoms with E-state index in [1.54, 1.807) is 0 Å². The molecule has 0 bridgehead atoms. The molecule has 0 aromatic rings. The van der Waals surface area contributed by atoms with Gasteiger partial charge < -0.3 is 0 Å². The van der Waals surface area contributed by atoms with E-state index < -0.39 is 9.21 Å². The van der Waals surface area contributed by atoms with Gasteiger partial charge in [0.25, 0.3) is 0 Å². The van der Waals surface area contributed by atoms with Crippen LogP contribution in [0.4, 0.5) is 0 Å². The molecule has 0 heterocycles. The Labute approximate surface area is 67.6 Å². The quantitative estimate of drug-likeness (QED) is 0.379. The highest BCUT2D eigenvalue weighted by Gasteiger charge is 1.99. The maximum atomic E-state index is 5.25. The Kier molecular flexibility index (Phi) is 4.25. The Bertz CT molecular complexity index is 172. The van der Waals surface area contributed by atoms with Gasteiger partial charge in [0, 0.05) is 5.92 Å². The lowest BCUT2D eigenvalue weighted by Gasteiger charge is -2.16. The molecular weight excluding hydrogens is 159 g/mol. The van der Waals surface area contributed by atoms with Gasteiger partial charge in [-0.15, -0.1) is 20.4 Å². The number of terminal acetylenes is 1. The van der Waals surface area contributed by atoms with Crippen molar-refractivity contribution in [1.82, 2.24) is 0 Å². The lowest BCUT2D eigenvalue weighted by Crippen LogP contribution is -2.09. The van der Waals surface area contributed by atoms with Crippen molar-refractivity contribution in [3.8, 4) is 12.3 Å². The van der Waals surface area contributed by atoms with Gasteiger partial charge >= 0.3 is 0 Å². The summed E-state index contributed by atoms with van der Waals surface area (Å²) in [6.45, 7) is 2.10. The summed E-state index contributed by atoms with van der Waals surface area (Å²) in [6.07, 6.45) is 10.9. The Balaban J connectivity index is 3.58. The Morgan fingerprint density at radius 2 is 2.10 bits per heavy atom. The smallest absolute Gasteiger partial charge is 0.0179 e. The lowest BCUT2D eigenvalue weighted by molar-refractivity contribution is 0.730. The van der Waals surface area contributed by atoms with Crippen LogP contribution in [-0.2, 0) is 9.21 Å². The maximum absolute atomic E-state index is 5.25. The van der Waals surface area contributed by atoms with Crippen LogP contribution in [0.25, 0.3) is 0 Å². The molecular formula is C8H17PS. The fourth-order valence-corrected chi connectivity index (χ4v) is 2.02. The van der Waals surface area contributed by atoms with Gasteiger partial charge in [-0.2, -0.15) is 0 Å². The minimum atomic E-state index is -0.773. The van der Waals surface area contributed by atoms with Crippen molar-refractivity contribution in [2.75, 3.05) is 18.3 Å². The highest BCUT2D eigenvalue weighted by atomic mass is 32.5. The Morgan fingerprint density at radius 3 is 2.40 bits per heavy atom. The second kappa shape index (κ2) is 4.16. The summed E-state index contributed by atoms with van der Waals surface area (Å²) in [7, 11) is 2.95. The zero-order valence-electron chi connectivity index (χ0n) is 7.02. The molecule has 0 radical (unpaired) electrons. The predicted molar refractivity (Wildman–Crippen MR) is 56.4 cm³/mol. The molecule has 0 aliphatic heterocycles. The number of hydrogen-bond donors (Lipinski definition) is 1. The van der Waals surface area contributed by atoms with Crippen LogP contribution in [0.2, 0.25) is 0 Å². The molecule has 0 rings (SSSR count). The summed E-state index contributed by atoms with van der Waals surface area (Å²) in [4.78, 5) is 0. The molecule has 0 aliphatic rings. The summed E-state index contributed by atoms with van der Waals surface area (Å²) in [5.74, 6) is 4.42. The maximum Gasteiger partial charge on any atom is 0.0179 e. The first-order valence-corrected chi connectivity index (χ1v) is 7.71. The molecule has 1 unspecified atom stereocenters. The first-order chi connectivity index (χ1) is 4.45. The fourth-order valence-electron chi connectivity index (χ4n) is 0.600. The van der Waals surface area contributed by atoms with Crippen molar-refractivity contribution in [1.29, 1.82) is 0 Å². The molecule has 10 heavy (non-hydrogen) atoms. The predicted octanol–water partition coefficient (Wildman–Crippen LogP) is 1.85. The van der Waals surface area contributed by atoms with E-state index in [1.807, 2.05) is 0 Å². The van der Waals surface area contributed by atoms with Gasteiger partial charge in [0.05, 0.1) is 0 Å². The first-order valence-electron chi connectivity index (χ1n) is 3.50. The van der Waals surface area contributed by atoms with Crippen LogP contribution in [0.3, 0.4) is 0 Å². The highest BCUT2D eigenvalue weighted by Crippen LogP contribution is 2.08. The molecule has 60 valence electrons. The number of hydrogen-bond acceptors (Lipinski definition) is 0. The van der Waals surface area contributed by atoms with Gasteiger partial charge in [-0.3, -0.25) is 0 Å². The van der Waals surface area contributed by atoms with Gasteiger partial charge in [0.15, 0.2) is 0 Å². The monoisotopic (exact) mass is 176 g/mol. The van der Waals surface area contributed by atoms with Crippen molar-refractivity contribution in [2.24, 2.45) is 5.92 Å². The zero-order chi connectivity index (χ0) is 8.20. The van der Waals surface area contributed by atoms with Crippen molar-refractivity contribution < 1.29 is 0 Å². The molecule has 0 aromatic heterocycles. The molecule has 0 nitrogen and oxygen atoms in total. The van der Waals surface area contributed by atoms with E-state index in [0.29, 0.717) is 5.92 Å². The summed E-state index contributed by atoms with van der Waals surface area (Å²) in [6, 6.07) is 0. The van der Waals surface area contributed by atoms with Gasteiger partial charge in [-0.25, -0.2) is 9.21 Å². The number of rotatable bonds is 3. The average Bonchev–Trinajstić information content (AvgIpc) is 1.81. The molecule has 0 aliphatic carbocycles. The molecule has 0 N–H and O–H groups in total. The molecule has 0 saturated heterocycles. The molecule has 0 spiro atoms. The second-order valence-electron chi connectivity index (χ2n) is 3.26. The van der Waals surface area contributed by atoms with Crippen LogP contribution in [0, 0.1) is 18.3 Å². The fraction of sp³-hybridized carbons (Fsp3) is 0.750. The molecule has 0 amide bonds. The van der Waals surface area contributed by atoms with Crippen LogP contribution >= 0.6 is 8.02 Å². The molecule has 0 aromatic carbocycles. The summed E-state index contributed by atoms with van der Waals surface area (Å²) >= 11 is 0. The summed E-state index contributed by atoms with van der Waals surface area (Å²) in [5, 5.41) is 0. The molecule has 2 heteroatoms. The van der Waals surface area contributed by atoms with Gasteiger partial charge in [0.1, 0.15) is 0 Å². The van der Waals surface area contributed by atoms with E-state index in [1.165, 1.54) is 5.75 Å².